The molecule has 0 aliphatic carbocycles. The SMILES string of the molecule is CC1CCCN(Cc2cnn(C(C)C)c2)C1CN. The van der Waals surface area contributed by atoms with Crippen molar-refractivity contribution in [2.75, 3.05) is 13.1 Å². The molecule has 0 amide bonds. The molecule has 1 saturated heterocycles. The monoisotopic (exact) mass is 250 g/mol. The minimum atomic E-state index is 0.435. The zero-order chi connectivity index (χ0) is 13.1. The topological polar surface area (TPSA) is 47.1 Å². The second-order valence-electron chi connectivity index (χ2n) is 5.82. The molecule has 0 bridgehead atoms. The maximum absolute atomic E-state index is 5.93. The molecule has 1 aromatic rings. The van der Waals surface area contributed by atoms with Crippen molar-refractivity contribution in [2.45, 2.75) is 52.2 Å². The summed E-state index contributed by atoms with van der Waals surface area (Å²) in [6.45, 7) is 9.55. The van der Waals surface area contributed by atoms with E-state index >= 15 is 0 Å². The Morgan fingerprint density at radius 1 is 1.50 bits per heavy atom. The van der Waals surface area contributed by atoms with Gasteiger partial charge in [-0.05, 0) is 39.2 Å². The molecule has 18 heavy (non-hydrogen) atoms. The van der Waals surface area contributed by atoms with Gasteiger partial charge in [-0.25, -0.2) is 0 Å². The van der Waals surface area contributed by atoms with Crippen molar-refractivity contribution in [1.29, 1.82) is 0 Å². The predicted octanol–water partition coefficient (Wildman–Crippen LogP) is 2.02. The zero-order valence-corrected chi connectivity index (χ0v) is 11.8. The van der Waals surface area contributed by atoms with Crippen molar-refractivity contribution in [3.05, 3.63) is 18.0 Å². The molecule has 1 fully saturated rings. The quantitative estimate of drug-likeness (QED) is 0.889. The number of aromatic nitrogens is 2. The number of nitrogens with zero attached hydrogens (tertiary/aromatic N) is 3. The molecule has 0 radical (unpaired) electrons. The number of piperidine rings is 1. The first-order valence-corrected chi connectivity index (χ1v) is 7.09. The first kappa shape index (κ1) is 13.6. The summed E-state index contributed by atoms with van der Waals surface area (Å²) in [7, 11) is 0. The van der Waals surface area contributed by atoms with Crippen LogP contribution in [-0.2, 0) is 6.54 Å². The maximum Gasteiger partial charge on any atom is 0.0534 e. The van der Waals surface area contributed by atoms with Crippen LogP contribution in [-0.4, -0.2) is 33.8 Å². The summed E-state index contributed by atoms with van der Waals surface area (Å²) in [5.74, 6) is 0.712. The summed E-state index contributed by atoms with van der Waals surface area (Å²) in [5, 5.41) is 4.41. The van der Waals surface area contributed by atoms with Gasteiger partial charge in [0.2, 0.25) is 0 Å². The Labute approximate surface area is 110 Å². The highest BCUT2D eigenvalue weighted by Gasteiger charge is 2.27. The number of hydrogen-bond donors (Lipinski definition) is 1. The predicted molar refractivity (Wildman–Crippen MR) is 74.3 cm³/mol. The zero-order valence-electron chi connectivity index (χ0n) is 11.8. The smallest absolute Gasteiger partial charge is 0.0534 e. The van der Waals surface area contributed by atoms with Crippen molar-refractivity contribution < 1.29 is 0 Å². The van der Waals surface area contributed by atoms with E-state index in [1.54, 1.807) is 0 Å². The Bertz CT molecular complexity index is 372. The van der Waals surface area contributed by atoms with Gasteiger partial charge < -0.3 is 5.73 Å². The first-order chi connectivity index (χ1) is 8.61. The van der Waals surface area contributed by atoms with E-state index < -0.39 is 0 Å². The highest BCUT2D eigenvalue weighted by molar-refractivity contribution is 5.05. The van der Waals surface area contributed by atoms with Crippen LogP contribution < -0.4 is 5.73 Å². The molecule has 0 spiro atoms. The molecule has 2 heterocycles. The van der Waals surface area contributed by atoms with Gasteiger partial charge in [0.15, 0.2) is 0 Å². The molecule has 4 heteroatoms. The molecule has 2 unspecified atom stereocenters. The van der Waals surface area contributed by atoms with Crippen molar-refractivity contribution in [2.24, 2.45) is 11.7 Å². The van der Waals surface area contributed by atoms with Gasteiger partial charge >= 0.3 is 0 Å². The number of nitrogens with two attached hydrogens (primary N) is 1. The van der Waals surface area contributed by atoms with Gasteiger partial charge in [0.1, 0.15) is 0 Å². The minimum absolute atomic E-state index is 0.435. The van der Waals surface area contributed by atoms with Crippen LogP contribution in [0.4, 0.5) is 0 Å². The lowest BCUT2D eigenvalue weighted by molar-refractivity contribution is 0.0990. The van der Waals surface area contributed by atoms with Crippen molar-refractivity contribution in [3.8, 4) is 0 Å². The normalized spacial score (nSPS) is 25.8. The fourth-order valence-electron chi connectivity index (χ4n) is 2.89. The third-order valence-electron chi connectivity index (χ3n) is 4.04. The van der Waals surface area contributed by atoms with E-state index in [9.17, 15) is 0 Å². The average Bonchev–Trinajstić information content (AvgIpc) is 2.78. The van der Waals surface area contributed by atoms with E-state index in [2.05, 4.69) is 37.0 Å². The molecule has 102 valence electrons. The van der Waals surface area contributed by atoms with Crippen LogP contribution in [0.25, 0.3) is 0 Å². The Morgan fingerprint density at radius 2 is 2.28 bits per heavy atom. The van der Waals surface area contributed by atoms with Crippen molar-refractivity contribution in [1.82, 2.24) is 14.7 Å². The fourth-order valence-corrected chi connectivity index (χ4v) is 2.89. The molecule has 2 atom stereocenters. The number of likely N-dealkylation sites (tertiary alicyclic amines) is 1. The van der Waals surface area contributed by atoms with Gasteiger partial charge in [-0.2, -0.15) is 5.10 Å². The Kier molecular flexibility index (Phi) is 4.40. The summed E-state index contributed by atoms with van der Waals surface area (Å²) in [4.78, 5) is 2.52. The van der Waals surface area contributed by atoms with Crippen LogP contribution in [0.15, 0.2) is 12.4 Å². The molecule has 1 aromatic heterocycles. The largest absolute Gasteiger partial charge is 0.329 e. The highest BCUT2D eigenvalue weighted by atomic mass is 15.3. The first-order valence-electron chi connectivity index (χ1n) is 7.09. The van der Waals surface area contributed by atoms with Gasteiger partial charge in [-0.1, -0.05) is 6.92 Å². The Morgan fingerprint density at radius 3 is 2.89 bits per heavy atom. The summed E-state index contributed by atoms with van der Waals surface area (Å²) >= 11 is 0. The van der Waals surface area contributed by atoms with E-state index in [0.717, 1.165) is 13.1 Å². The van der Waals surface area contributed by atoms with E-state index in [1.165, 1.54) is 24.9 Å². The van der Waals surface area contributed by atoms with Gasteiger partial charge in [0.25, 0.3) is 0 Å². The van der Waals surface area contributed by atoms with Gasteiger partial charge in [0, 0.05) is 36.9 Å². The molecule has 1 aliphatic heterocycles. The van der Waals surface area contributed by atoms with Crippen LogP contribution in [0.3, 0.4) is 0 Å². The van der Waals surface area contributed by atoms with Crippen LogP contribution in [0, 0.1) is 5.92 Å². The number of hydrogen-bond acceptors (Lipinski definition) is 3. The summed E-state index contributed by atoms with van der Waals surface area (Å²) < 4.78 is 2.03. The standard InChI is InChI=1S/C14H26N4/c1-11(2)18-10-13(8-16-18)9-17-6-4-5-12(3)14(17)7-15/h8,10-12,14H,4-7,9,15H2,1-3H3. The molecular formula is C14H26N4. The summed E-state index contributed by atoms with van der Waals surface area (Å²) in [5.41, 5.74) is 7.23. The molecule has 1 aliphatic rings. The van der Waals surface area contributed by atoms with Crippen LogP contribution in [0.1, 0.15) is 45.2 Å². The third-order valence-corrected chi connectivity index (χ3v) is 4.04. The van der Waals surface area contributed by atoms with Gasteiger partial charge in [-0.15, -0.1) is 0 Å². The van der Waals surface area contributed by atoms with E-state index in [1.807, 2.05) is 10.9 Å². The third kappa shape index (κ3) is 2.93. The van der Waals surface area contributed by atoms with Gasteiger partial charge in [0.05, 0.1) is 6.20 Å². The summed E-state index contributed by atoms with van der Waals surface area (Å²) in [6, 6.07) is 0.963. The lowest BCUT2D eigenvalue weighted by atomic mass is 9.90. The molecule has 0 aromatic carbocycles. The molecular weight excluding hydrogens is 224 g/mol. The van der Waals surface area contributed by atoms with E-state index in [-0.39, 0.29) is 0 Å². The van der Waals surface area contributed by atoms with Crippen LogP contribution in [0.2, 0.25) is 0 Å². The van der Waals surface area contributed by atoms with Crippen LogP contribution in [0.5, 0.6) is 0 Å². The second kappa shape index (κ2) is 5.85. The molecule has 4 nitrogen and oxygen atoms in total. The molecule has 2 N–H and O–H groups in total. The van der Waals surface area contributed by atoms with Crippen molar-refractivity contribution in [3.63, 3.8) is 0 Å². The average molecular weight is 250 g/mol. The molecule has 0 saturated carbocycles. The lowest BCUT2D eigenvalue weighted by Crippen LogP contribution is -2.47. The Hall–Kier alpha value is -0.870. The van der Waals surface area contributed by atoms with Crippen LogP contribution >= 0.6 is 0 Å². The van der Waals surface area contributed by atoms with Gasteiger partial charge in [-0.3, -0.25) is 9.58 Å². The van der Waals surface area contributed by atoms with E-state index in [0.29, 0.717) is 18.0 Å². The fraction of sp³-hybridized carbons (Fsp3) is 0.786. The van der Waals surface area contributed by atoms with E-state index in [4.69, 9.17) is 5.73 Å². The Balaban J connectivity index is 2.02. The number of rotatable bonds is 4. The second-order valence-corrected chi connectivity index (χ2v) is 5.82. The maximum atomic E-state index is 5.93. The molecule has 2 rings (SSSR count). The minimum Gasteiger partial charge on any atom is -0.329 e. The summed E-state index contributed by atoms with van der Waals surface area (Å²) in [6.07, 6.45) is 6.75. The van der Waals surface area contributed by atoms with Crippen molar-refractivity contribution >= 4 is 0 Å². The highest BCUT2D eigenvalue weighted by Crippen LogP contribution is 2.24. The lowest BCUT2D eigenvalue weighted by Gasteiger charge is -2.39.